The van der Waals surface area contributed by atoms with Gasteiger partial charge in [-0.2, -0.15) is 0 Å². The van der Waals surface area contributed by atoms with Gasteiger partial charge in [0.25, 0.3) is 0 Å². The number of ether oxygens (including phenoxy) is 2. The first-order chi connectivity index (χ1) is 13.3. The summed E-state index contributed by atoms with van der Waals surface area (Å²) in [6.07, 6.45) is 1.19. The largest absolute Gasteiger partial charge is 0.490 e. The maximum Gasteiger partial charge on any atom is 0.191 e. The number of sulfone groups is 1. The molecule has 2 aromatic rings. The molecule has 10 heteroatoms. The molecular weight excluding hydrogens is 509 g/mol. The number of para-hydroxylation sites is 1. The van der Waals surface area contributed by atoms with Gasteiger partial charge in [-0.05, 0) is 26.0 Å². The lowest BCUT2D eigenvalue weighted by Crippen LogP contribution is -2.40. The van der Waals surface area contributed by atoms with Crippen molar-refractivity contribution >= 4 is 50.7 Å². The van der Waals surface area contributed by atoms with E-state index in [1.807, 2.05) is 38.1 Å². The van der Waals surface area contributed by atoms with Crippen molar-refractivity contribution in [1.82, 2.24) is 10.6 Å². The fraction of sp³-hybridized carbons (Fsp3) is 0.526. The molecule has 0 saturated heterocycles. The monoisotopic (exact) mass is 539 g/mol. The molecular formula is C19H30IN3O5S. The number of nitrogens with one attached hydrogen (secondary N) is 2. The van der Waals surface area contributed by atoms with Crippen molar-refractivity contribution in [2.45, 2.75) is 19.9 Å². The highest BCUT2D eigenvalue weighted by molar-refractivity contribution is 14.0. The lowest BCUT2D eigenvalue weighted by molar-refractivity contribution is 0.154. The molecule has 0 aliphatic carbocycles. The summed E-state index contributed by atoms with van der Waals surface area (Å²) >= 11 is 0. The molecule has 8 nitrogen and oxygen atoms in total. The van der Waals surface area contributed by atoms with E-state index in [1.165, 1.54) is 6.26 Å². The highest BCUT2D eigenvalue weighted by Crippen LogP contribution is 2.31. The smallest absolute Gasteiger partial charge is 0.191 e. The molecule has 2 rings (SSSR count). The average Bonchev–Trinajstić information content (AvgIpc) is 3.08. The van der Waals surface area contributed by atoms with Gasteiger partial charge in [0, 0.05) is 25.2 Å². The van der Waals surface area contributed by atoms with Crippen LogP contribution in [0.15, 0.2) is 33.7 Å². The molecule has 0 spiro atoms. The van der Waals surface area contributed by atoms with Gasteiger partial charge < -0.3 is 24.5 Å². The van der Waals surface area contributed by atoms with Crippen LogP contribution in [0, 0.1) is 0 Å². The van der Waals surface area contributed by atoms with E-state index in [-0.39, 0.29) is 42.4 Å². The zero-order valence-electron chi connectivity index (χ0n) is 17.2. The highest BCUT2D eigenvalue weighted by Gasteiger charge is 2.15. The van der Waals surface area contributed by atoms with E-state index in [2.05, 4.69) is 15.6 Å². The molecule has 0 aliphatic heterocycles. The second kappa shape index (κ2) is 12.2. The Morgan fingerprint density at radius 2 is 2.07 bits per heavy atom. The predicted molar refractivity (Wildman–Crippen MR) is 126 cm³/mol. The van der Waals surface area contributed by atoms with Gasteiger partial charge in [-0.15, -0.1) is 24.0 Å². The number of nitrogens with zero attached hydrogens (tertiary/aromatic N) is 1. The highest BCUT2D eigenvalue weighted by atomic mass is 127. The van der Waals surface area contributed by atoms with Crippen LogP contribution in [0.2, 0.25) is 0 Å². The van der Waals surface area contributed by atoms with Crippen molar-refractivity contribution in [3.63, 3.8) is 0 Å². The number of aliphatic imine (C=N–C) groups is 1. The van der Waals surface area contributed by atoms with Crippen LogP contribution in [0.5, 0.6) is 5.75 Å². The molecule has 0 fully saturated rings. The first kappa shape index (κ1) is 25.5. The molecule has 164 valence electrons. The summed E-state index contributed by atoms with van der Waals surface area (Å²) in [7, 11) is -1.32. The molecule has 0 aliphatic rings. The molecule has 0 radical (unpaired) electrons. The maximum atomic E-state index is 11.1. The van der Waals surface area contributed by atoms with E-state index >= 15 is 0 Å². The fourth-order valence-electron chi connectivity index (χ4n) is 2.56. The first-order valence-electron chi connectivity index (χ1n) is 9.22. The summed E-state index contributed by atoms with van der Waals surface area (Å²) < 4.78 is 39.0. The van der Waals surface area contributed by atoms with E-state index in [0.717, 1.165) is 22.5 Å². The number of benzene rings is 1. The minimum atomic E-state index is -3.00. The standard InChI is InChI=1S/C19H29N3O5S.HI/c1-5-26-16-8-6-7-15-13-17(27-18(15)16)14(2)22-19(20-3)21-9-10-25-11-12-28(4,23)24;/h6-8,13-14H,5,9-12H2,1-4H3,(H2,20,21,22);1H. The Morgan fingerprint density at radius 1 is 1.31 bits per heavy atom. The van der Waals surface area contributed by atoms with Crippen molar-refractivity contribution in [3.05, 3.63) is 30.0 Å². The van der Waals surface area contributed by atoms with Crippen LogP contribution in [0.25, 0.3) is 11.0 Å². The third-order valence-corrected chi connectivity index (χ3v) is 4.88. The number of fused-ring (bicyclic) bond motifs is 1. The third-order valence-electron chi connectivity index (χ3n) is 3.97. The van der Waals surface area contributed by atoms with E-state index in [9.17, 15) is 8.42 Å². The van der Waals surface area contributed by atoms with Gasteiger partial charge in [0.2, 0.25) is 0 Å². The van der Waals surface area contributed by atoms with Gasteiger partial charge >= 0.3 is 0 Å². The Balaban J connectivity index is 0.00000420. The molecule has 1 unspecified atom stereocenters. The van der Waals surface area contributed by atoms with E-state index in [1.54, 1.807) is 7.05 Å². The molecule has 1 aromatic carbocycles. The molecule has 0 bridgehead atoms. The fourth-order valence-corrected chi connectivity index (χ4v) is 2.98. The van der Waals surface area contributed by atoms with Crippen LogP contribution in [0.4, 0.5) is 0 Å². The zero-order valence-corrected chi connectivity index (χ0v) is 20.4. The van der Waals surface area contributed by atoms with Gasteiger partial charge in [0.05, 0.1) is 31.6 Å². The van der Waals surface area contributed by atoms with E-state index in [4.69, 9.17) is 13.9 Å². The Kier molecular flexibility index (Phi) is 10.8. The van der Waals surface area contributed by atoms with Crippen LogP contribution in [-0.4, -0.2) is 59.8 Å². The molecule has 0 saturated carbocycles. The Bertz CT molecular complexity index is 898. The van der Waals surface area contributed by atoms with Crippen LogP contribution in [0.3, 0.4) is 0 Å². The molecule has 0 amide bonds. The predicted octanol–water partition coefficient (Wildman–Crippen LogP) is 2.74. The van der Waals surface area contributed by atoms with Gasteiger partial charge in [-0.1, -0.05) is 12.1 Å². The van der Waals surface area contributed by atoms with E-state index in [0.29, 0.717) is 25.7 Å². The SMILES string of the molecule is CCOc1cccc2cc(C(C)NC(=NC)NCCOCCS(C)(=O)=O)oc12.I. The molecule has 1 aromatic heterocycles. The normalized spacial score (nSPS) is 13.0. The summed E-state index contributed by atoms with van der Waals surface area (Å²) in [5.41, 5.74) is 0.732. The quantitative estimate of drug-likeness (QED) is 0.207. The molecule has 1 heterocycles. The maximum absolute atomic E-state index is 11.1. The second-order valence-electron chi connectivity index (χ2n) is 6.36. The van der Waals surface area contributed by atoms with Crippen molar-refractivity contribution in [2.24, 2.45) is 4.99 Å². The average molecular weight is 539 g/mol. The van der Waals surface area contributed by atoms with Crippen LogP contribution in [-0.2, 0) is 14.6 Å². The van der Waals surface area contributed by atoms with E-state index < -0.39 is 9.84 Å². The number of guanidine groups is 1. The lowest BCUT2D eigenvalue weighted by Gasteiger charge is -2.16. The van der Waals surface area contributed by atoms with Crippen LogP contribution >= 0.6 is 24.0 Å². The minimum Gasteiger partial charge on any atom is -0.490 e. The van der Waals surface area contributed by atoms with Crippen molar-refractivity contribution in [3.8, 4) is 5.75 Å². The summed E-state index contributed by atoms with van der Waals surface area (Å²) in [5, 5.41) is 7.38. The summed E-state index contributed by atoms with van der Waals surface area (Å²) in [6.45, 7) is 5.56. The summed E-state index contributed by atoms with van der Waals surface area (Å²) in [4.78, 5) is 4.19. The zero-order chi connectivity index (χ0) is 20.6. The summed E-state index contributed by atoms with van der Waals surface area (Å²) in [6, 6.07) is 7.69. The Hall–Kier alpha value is -1.53. The Morgan fingerprint density at radius 3 is 2.72 bits per heavy atom. The van der Waals surface area contributed by atoms with Gasteiger partial charge in [0.1, 0.15) is 15.6 Å². The first-order valence-corrected chi connectivity index (χ1v) is 11.3. The van der Waals surface area contributed by atoms with Crippen LogP contribution in [0.1, 0.15) is 25.6 Å². The van der Waals surface area contributed by atoms with Crippen molar-refractivity contribution in [1.29, 1.82) is 0 Å². The third kappa shape index (κ3) is 8.39. The van der Waals surface area contributed by atoms with Gasteiger partial charge in [-0.3, -0.25) is 4.99 Å². The number of hydrogen-bond acceptors (Lipinski definition) is 6. The topological polar surface area (TPSA) is 102 Å². The van der Waals surface area contributed by atoms with Gasteiger partial charge in [-0.25, -0.2) is 8.42 Å². The lowest BCUT2D eigenvalue weighted by atomic mass is 10.2. The molecule has 1 atom stereocenters. The molecule has 29 heavy (non-hydrogen) atoms. The second-order valence-corrected chi connectivity index (χ2v) is 8.62. The summed E-state index contributed by atoms with van der Waals surface area (Å²) in [5.74, 6) is 2.12. The van der Waals surface area contributed by atoms with Crippen molar-refractivity contribution < 1.29 is 22.3 Å². The van der Waals surface area contributed by atoms with Crippen molar-refractivity contribution in [2.75, 3.05) is 45.4 Å². The van der Waals surface area contributed by atoms with Gasteiger partial charge in [0.15, 0.2) is 17.3 Å². The number of halogens is 1. The Labute approximate surface area is 189 Å². The minimum absolute atomic E-state index is 0. The molecule has 2 N–H and O–H groups in total. The number of furan rings is 1. The van der Waals surface area contributed by atoms with Crippen LogP contribution < -0.4 is 15.4 Å². The number of rotatable bonds is 10. The number of hydrogen-bond donors (Lipinski definition) is 2.